The van der Waals surface area contributed by atoms with Crippen LogP contribution in [0.4, 0.5) is 4.79 Å². The minimum atomic E-state index is -3.86. The number of nitrogens with zero attached hydrogens (tertiary/aromatic N) is 1. The Hall–Kier alpha value is -1.15. The van der Waals surface area contributed by atoms with Gasteiger partial charge in [0, 0.05) is 19.0 Å². The number of nitrogens with one attached hydrogen (secondary N) is 1. The number of ketones is 1. The summed E-state index contributed by atoms with van der Waals surface area (Å²) in [6.07, 6.45) is -0.0100. The standard InChI is InChI=1S/C10H18N2O5S/c1-3-17-10(14)11-18(15,16)12-6-4-9(5-7-12)8(2)13/h9H,3-7H2,1-2H3,(H,11,14). The molecule has 0 aromatic carbocycles. The molecule has 1 amide bonds. The summed E-state index contributed by atoms with van der Waals surface area (Å²) in [5.41, 5.74) is 0. The summed E-state index contributed by atoms with van der Waals surface area (Å²) in [7, 11) is -3.86. The lowest BCUT2D eigenvalue weighted by Gasteiger charge is -2.29. The van der Waals surface area contributed by atoms with Gasteiger partial charge in [0.25, 0.3) is 0 Å². The summed E-state index contributed by atoms with van der Waals surface area (Å²) < 4.78 is 31.0. The molecular formula is C10H18N2O5S. The van der Waals surface area contributed by atoms with Crippen LogP contribution in [0.15, 0.2) is 0 Å². The summed E-state index contributed by atoms with van der Waals surface area (Å²) in [5.74, 6) is -0.00977. The number of rotatable bonds is 4. The highest BCUT2D eigenvalue weighted by Crippen LogP contribution is 2.19. The smallest absolute Gasteiger partial charge is 0.421 e. The average Bonchev–Trinajstić information content (AvgIpc) is 2.28. The van der Waals surface area contributed by atoms with E-state index in [0.29, 0.717) is 12.8 Å². The van der Waals surface area contributed by atoms with E-state index in [1.807, 2.05) is 4.72 Å². The first-order valence-electron chi connectivity index (χ1n) is 5.82. The maximum Gasteiger partial charge on any atom is 0.421 e. The number of hydrogen-bond donors (Lipinski definition) is 1. The molecule has 0 unspecified atom stereocenters. The Balaban J connectivity index is 2.55. The quantitative estimate of drug-likeness (QED) is 0.797. The van der Waals surface area contributed by atoms with Gasteiger partial charge in [-0.15, -0.1) is 0 Å². The lowest BCUT2D eigenvalue weighted by molar-refractivity contribution is -0.121. The second-order valence-corrected chi connectivity index (χ2v) is 5.78. The highest BCUT2D eigenvalue weighted by atomic mass is 32.2. The third kappa shape index (κ3) is 3.95. The highest BCUT2D eigenvalue weighted by molar-refractivity contribution is 7.87. The summed E-state index contributed by atoms with van der Waals surface area (Å²) >= 11 is 0. The van der Waals surface area contributed by atoms with Crippen molar-refractivity contribution in [1.29, 1.82) is 0 Å². The van der Waals surface area contributed by atoms with Gasteiger partial charge in [0.05, 0.1) is 6.61 Å². The van der Waals surface area contributed by atoms with E-state index in [0.717, 1.165) is 4.31 Å². The minimum Gasteiger partial charge on any atom is -0.449 e. The molecule has 0 atom stereocenters. The second-order valence-electron chi connectivity index (χ2n) is 4.11. The molecule has 1 heterocycles. The van der Waals surface area contributed by atoms with Gasteiger partial charge in [-0.25, -0.2) is 9.52 Å². The molecule has 104 valence electrons. The van der Waals surface area contributed by atoms with Crippen LogP contribution >= 0.6 is 0 Å². The van der Waals surface area contributed by atoms with Crippen LogP contribution in [0.25, 0.3) is 0 Å². The van der Waals surface area contributed by atoms with Crippen LogP contribution in [-0.2, 0) is 19.7 Å². The Bertz CT molecular complexity index is 412. The number of ether oxygens (including phenoxy) is 1. The predicted octanol–water partition coefficient (Wildman–Crippen LogP) is 0.278. The number of carbonyl (C=O) groups excluding carboxylic acids is 2. The molecule has 0 aliphatic carbocycles. The number of amides is 1. The van der Waals surface area contributed by atoms with Gasteiger partial charge in [-0.3, -0.25) is 4.79 Å². The zero-order valence-electron chi connectivity index (χ0n) is 10.5. The third-order valence-electron chi connectivity index (χ3n) is 2.86. The van der Waals surface area contributed by atoms with E-state index >= 15 is 0 Å². The number of piperidine rings is 1. The van der Waals surface area contributed by atoms with Crippen molar-refractivity contribution in [1.82, 2.24) is 9.03 Å². The molecule has 0 aromatic rings. The molecule has 1 aliphatic heterocycles. The first-order chi connectivity index (χ1) is 8.36. The molecule has 8 heteroatoms. The maximum absolute atomic E-state index is 11.8. The average molecular weight is 278 g/mol. The van der Waals surface area contributed by atoms with Gasteiger partial charge in [-0.1, -0.05) is 0 Å². The van der Waals surface area contributed by atoms with Gasteiger partial charge in [0.2, 0.25) is 0 Å². The first-order valence-corrected chi connectivity index (χ1v) is 7.26. The van der Waals surface area contributed by atoms with E-state index < -0.39 is 16.3 Å². The van der Waals surface area contributed by atoms with Crippen LogP contribution < -0.4 is 4.72 Å². The first kappa shape index (κ1) is 14.9. The summed E-state index contributed by atoms with van der Waals surface area (Å²) in [6.45, 7) is 3.67. The zero-order chi connectivity index (χ0) is 13.8. The highest BCUT2D eigenvalue weighted by Gasteiger charge is 2.30. The van der Waals surface area contributed by atoms with Crippen LogP contribution in [0.1, 0.15) is 26.7 Å². The Kier molecular flexibility index (Phi) is 5.09. The van der Waals surface area contributed by atoms with E-state index in [1.54, 1.807) is 6.92 Å². The van der Waals surface area contributed by atoms with Crippen molar-refractivity contribution in [3.05, 3.63) is 0 Å². The third-order valence-corrected chi connectivity index (χ3v) is 4.33. The van der Waals surface area contributed by atoms with Crippen molar-refractivity contribution < 1.29 is 22.7 Å². The monoisotopic (exact) mass is 278 g/mol. The molecule has 0 aromatic heterocycles. The van der Waals surface area contributed by atoms with Crippen molar-refractivity contribution in [2.24, 2.45) is 5.92 Å². The Morgan fingerprint density at radius 3 is 2.33 bits per heavy atom. The molecule has 1 aliphatic rings. The van der Waals surface area contributed by atoms with Crippen LogP contribution in [0.3, 0.4) is 0 Å². The van der Waals surface area contributed by atoms with Gasteiger partial charge in [-0.05, 0) is 26.7 Å². The van der Waals surface area contributed by atoms with Crippen LogP contribution in [0.5, 0.6) is 0 Å². The summed E-state index contributed by atoms with van der Waals surface area (Å²) in [6, 6.07) is 0. The largest absolute Gasteiger partial charge is 0.449 e. The normalized spacial score (nSPS) is 18.3. The van der Waals surface area contributed by atoms with E-state index in [4.69, 9.17) is 0 Å². The fourth-order valence-electron chi connectivity index (χ4n) is 1.83. The van der Waals surface area contributed by atoms with Crippen molar-refractivity contribution in [2.45, 2.75) is 26.7 Å². The van der Waals surface area contributed by atoms with E-state index in [1.165, 1.54) is 6.92 Å². The van der Waals surface area contributed by atoms with E-state index in [-0.39, 0.29) is 31.4 Å². The van der Waals surface area contributed by atoms with Crippen LogP contribution in [0.2, 0.25) is 0 Å². The van der Waals surface area contributed by atoms with Crippen molar-refractivity contribution in [2.75, 3.05) is 19.7 Å². The molecule has 18 heavy (non-hydrogen) atoms. The summed E-state index contributed by atoms with van der Waals surface area (Å²) in [4.78, 5) is 22.2. The Morgan fingerprint density at radius 2 is 1.89 bits per heavy atom. The second kappa shape index (κ2) is 6.14. The van der Waals surface area contributed by atoms with E-state index in [9.17, 15) is 18.0 Å². The van der Waals surface area contributed by atoms with Gasteiger partial charge < -0.3 is 4.74 Å². The molecule has 7 nitrogen and oxygen atoms in total. The van der Waals surface area contributed by atoms with Crippen molar-refractivity contribution in [3.63, 3.8) is 0 Å². The fourth-order valence-corrected chi connectivity index (χ4v) is 2.92. The maximum atomic E-state index is 11.8. The van der Waals surface area contributed by atoms with Gasteiger partial charge in [-0.2, -0.15) is 12.7 Å². The zero-order valence-corrected chi connectivity index (χ0v) is 11.3. The molecule has 1 saturated heterocycles. The molecule has 1 rings (SSSR count). The lowest BCUT2D eigenvalue weighted by atomic mass is 9.95. The van der Waals surface area contributed by atoms with Gasteiger partial charge >= 0.3 is 16.3 Å². The molecule has 0 bridgehead atoms. The van der Waals surface area contributed by atoms with E-state index in [2.05, 4.69) is 4.74 Å². The minimum absolute atomic E-state index is 0.0744. The fraction of sp³-hybridized carbons (Fsp3) is 0.800. The van der Waals surface area contributed by atoms with Crippen molar-refractivity contribution in [3.8, 4) is 0 Å². The number of carbonyl (C=O) groups is 2. The molecule has 1 N–H and O–H groups in total. The molecule has 1 fully saturated rings. The van der Waals surface area contributed by atoms with Gasteiger partial charge in [0.1, 0.15) is 5.78 Å². The summed E-state index contributed by atoms with van der Waals surface area (Å²) in [5, 5.41) is 0. The molecule has 0 saturated carbocycles. The van der Waals surface area contributed by atoms with Gasteiger partial charge in [0.15, 0.2) is 0 Å². The van der Waals surface area contributed by atoms with Crippen LogP contribution in [-0.4, -0.2) is 44.3 Å². The SMILES string of the molecule is CCOC(=O)NS(=O)(=O)N1CCC(C(C)=O)CC1. The number of Topliss-reactive ketones (excluding diaryl/α,β-unsaturated/α-hetero) is 1. The number of hydrogen-bond acceptors (Lipinski definition) is 5. The van der Waals surface area contributed by atoms with Crippen LogP contribution in [0, 0.1) is 5.92 Å². The molecule has 0 spiro atoms. The molecular weight excluding hydrogens is 260 g/mol. The van der Waals surface area contributed by atoms with Crippen molar-refractivity contribution >= 4 is 22.1 Å². The predicted molar refractivity (Wildman–Crippen MR) is 64.1 cm³/mol. The molecule has 0 radical (unpaired) electrons. The topological polar surface area (TPSA) is 92.8 Å². The Labute approximate surface area is 107 Å². The lowest BCUT2D eigenvalue weighted by Crippen LogP contribution is -2.47. The Morgan fingerprint density at radius 1 is 1.33 bits per heavy atom.